The van der Waals surface area contributed by atoms with Crippen molar-refractivity contribution in [3.63, 3.8) is 0 Å². The lowest BCUT2D eigenvalue weighted by molar-refractivity contribution is 0.271. The molecule has 0 fully saturated rings. The lowest BCUT2D eigenvalue weighted by Gasteiger charge is -2.07. The molecule has 13 heavy (non-hydrogen) atoms. The molecule has 0 amide bonds. The first kappa shape index (κ1) is 8.51. The van der Waals surface area contributed by atoms with E-state index in [0.29, 0.717) is 0 Å². The first-order chi connectivity index (χ1) is 6.42. The van der Waals surface area contributed by atoms with Crippen LogP contribution in [0.1, 0.15) is 11.1 Å². The second kappa shape index (κ2) is 3.75. The smallest absolute Gasteiger partial charge is 0.124 e. The molecule has 0 unspecified atom stereocenters. The van der Waals surface area contributed by atoms with Gasteiger partial charge in [-0.25, -0.2) is 4.39 Å². The third-order valence-corrected chi connectivity index (χ3v) is 2.18. The Morgan fingerprint density at radius 3 is 3.15 bits per heavy atom. The summed E-state index contributed by atoms with van der Waals surface area (Å²) in [5.41, 5.74) is 2.44. The molecule has 0 aromatic heterocycles. The fourth-order valence-electron chi connectivity index (χ4n) is 1.58. The number of benzene rings is 1. The van der Waals surface area contributed by atoms with E-state index in [2.05, 4.69) is 11.4 Å². The Balaban J connectivity index is 2.20. The van der Waals surface area contributed by atoms with Crippen LogP contribution in [0.5, 0.6) is 5.75 Å². The SMILES string of the molecule is FCCOc1cccc2c1CNC2. The van der Waals surface area contributed by atoms with Gasteiger partial charge in [-0.1, -0.05) is 12.1 Å². The first-order valence-corrected chi connectivity index (χ1v) is 4.42. The molecular weight excluding hydrogens is 169 g/mol. The molecule has 0 atom stereocenters. The van der Waals surface area contributed by atoms with Gasteiger partial charge < -0.3 is 10.1 Å². The number of hydrogen-bond donors (Lipinski definition) is 1. The largest absolute Gasteiger partial charge is 0.491 e. The molecule has 0 aliphatic carbocycles. The molecule has 2 rings (SSSR count). The highest BCUT2D eigenvalue weighted by Crippen LogP contribution is 2.25. The minimum Gasteiger partial charge on any atom is -0.491 e. The molecule has 1 aromatic carbocycles. The summed E-state index contributed by atoms with van der Waals surface area (Å²) in [6.45, 7) is 1.44. The summed E-state index contributed by atoms with van der Waals surface area (Å²) in [5.74, 6) is 0.820. The molecule has 1 aliphatic heterocycles. The van der Waals surface area contributed by atoms with Gasteiger partial charge in [0.25, 0.3) is 0 Å². The van der Waals surface area contributed by atoms with E-state index in [1.807, 2.05) is 12.1 Å². The summed E-state index contributed by atoms with van der Waals surface area (Å²) in [6, 6.07) is 5.90. The molecule has 3 heteroatoms. The highest BCUT2D eigenvalue weighted by atomic mass is 19.1. The van der Waals surface area contributed by atoms with Crippen molar-refractivity contribution in [2.45, 2.75) is 13.1 Å². The standard InChI is InChI=1S/C10H12FNO/c11-4-5-13-10-3-1-2-8-6-12-7-9(8)10/h1-3,12H,4-7H2. The Morgan fingerprint density at radius 1 is 1.38 bits per heavy atom. The fourth-order valence-corrected chi connectivity index (χ4v) is 1.58. The summed E-state index contributed by atoms with van der Waals surface area (Å²) in [6.07, 6.45) is 0. The van der Waals surface area contributed by atoms with Gasteiger partial charge >= 0.3 is 0 Å². The predicted octanol–water partition coefficient (Wildman–Crippen LogP) is 1.64. The number of halogens is 1. The maximum atomic E-state index is 11.9. The Hall–Kier alpha value is -1.09. The molecule has 1 aliphatic rings. The fraction of sp³-hybridized carbons (Fsp3) is 0.400. The summed E-state index contributed by atoms with van der Waals surface area (Å²) >= 11 is 0. The van der Waals surface area contributed by atoms with Crippen LogP contribution in [-0.4, -0.2) is 13.3 Å². The quantitative estimate of drug-likeness (QED) is 0.765. The van der Waals surface area contributed by atoms with E-state index < -0.39 is 6.67 Å². The van der Waals surface area contributed by atoms with E-state index in [9.17, 15) is 4.39 Å². The highest BCUT2D eigenvalue weighted by molar-refractivity contribution is 5.42. The van der Waals surface area contributed by atoms with Gasteiger partial charge in [0.1, 0.15) is 19.0 Å². The van der Waals surface area contributed by atoms with E-state index in [-0.39, 0.29) is 6.61 Å². The Morgan fingerprint density at radius 2 is 2.31 bits per heavy atom. The Labute approximate surface area is 76.7 Å². The van der Waals surface area contributed by atoms with Crippen molar-refractivity contribution < 1.29 is 9.13 Å². The van der Waals surface area contributed by atoms with Crippen molar-refractivity contribution in [3.8, 4) is 5.75 Å². The zero-order chi connectivity index (χ0) is 9.10. The van der Waals surface area contributed by atoms with Gasteiger partial charge in [-0.3, -0.25) is 0 Å². The zero-order valence-corrected chi connectivity index (χ0v) is 7.35. The van der Waals surface area contributed by atoms with Crippen LogP contribution in [0.2, 0.25) is 0 Å². The van der Waals surface area contributed by atoms with Crippen molar-refractivity contribution in [3.05, 3.63) is 29.3 Å². The number of rotatable bonds is 3. The Bertz CT molecular complexity index is 301. The van der Waals surface area contributed by atoms with E-state index >= 15 is 0 Å². The number of fused-ring (bicyclic) bond motifs is 1. The van der Waals surface area contributed by atoms with Crippen molar-refractivity contribution >= 4 is 0 Å². The number of hydrogen-bond acceptors (Lipinski definition) is 2. The van der Waals surface area contributed by atoms with Gasteiger partial charge in [0.2, 0.25) is 0 Å². The molecule has 2 nitrogen and oxygen atoms in total. The van der Waals surface area contributed by atoms with Crippen LogP contribution in [-0.2, 0) is 13.1 Å². The minimum atomic E-state index is -0.433. The summed E-state index contributed by atoms with van der Waals surface area (Å²) in [5, 5.41) is 3.23. The van der Waals surface area contributed by atoms with E-state index in [4.69, 9.17) is 4.74 Å². The summed E-state index contributed by atoms with van der Waals surface area (Å²) in [4.78, 5) is 0. The van der Waals surface area contributed by atoms with Crippen LogP contribution in [0.15, 0.2) is 18.2 Å². The molecule has 0 bridgehead atoms. The van der Waals surface area contributed by atoms with Crippen LogP contribution in [0.25, 0.3) is 0 Å². The number of alkyl halides is 1. The lowest BCUT2D eigenvalue weighted by atomic mass is 10.1. The molecule has 0 saturated heterocycles. The maximum absolute atomic E-state index is 11.9. The zero-order valence-electron chi connectivity index (χ0n) is 7.35. The maximum Gasteiger partial charge on any atom is 0.124 e. The van der Waals surface area contributed by atoms with Gasteiger partial charge in [0.05, 0.1) is 0 Å². The van der Waals surface area contributed by atoms with Crippen LogP contribution in [0.4, 0.5) is 4.39 Å². The van der Waals surface area contributed by atoms with Gasteiger partial charge in [-0.05, 0) is 11.6 Å². The third-order valence-electron chi connectivity index (χ3n) is 2.18. The normalized spacial score (nSPS) is 14.2. The van der Waals surface area contributed by atoms with E-state index in [1.54, 1.807) is 0 Å². The lowest BCUT2D eigenvalue weighted by Crippen LogP contribution is -2.03. The van der Waals surface area contributed by atoms with Gasteiger partial charge in [0, 0.05) is 18.7 Å². The first-order valence-electron chi connectivity index (χ1n) is 4.42. The number of ether oxygens (including phenoxy) is 1. The van der Waals surface area contributed by atoms with Crippen molar-refractivity contribution in [2.75, 3.05) is 13.3 Å². The highest BCUT2D eigenvalue weighted by Gasteiger charge is 2.14. The molecule has 70 valence electrons. The second-order valence-electron chi connectivity index (χ2n) is 3.03. The van der Waals surface area contributed by atoms with Crippen LogP contribution in [0, 0.1) is 0 Å². The van der Waals surface area contributed by atoms with E-state index in [0.717, 1.165) is 18.8 Å². The molecule has 1 aromatic rings. The van der Waals surface area contributed by atoms with Crippen LogP contribution < -0.4 is 10.1 Å². The average molecular weight is 181 g/mol. The van der Waals surface area contributed by atoms with Crippen molar-refractivity contribution in [1.29, 1.82) is 0 Å². The molecule has 0 spiro atoms. The average Bonchev–Trinajstić information content (AvgIpc) is 2.62. The van der Waals surface area contributed by atoms with Crippen molar-refractivity contribution in [2.24, 2.45) is 0 Å². The van der Waals surface area contributed by atoms with Crippen molar-refractivity contribution in [1.82, 2.24) is 5.32 Å². The van der Waals surface area contributed by atoms with Gasteiger partial charge in [-0.15, -0.1) is 0 Å². The summed E-state index contributed by atoms with van der Waals surface area (Å²) < 4.78 is 17.2. The van der Waals surface area contributed by atoms with Gasteiger partial charge in [0.15, 0.2) is 0 Å². The second-order valence-corrected chi connectivity index (χ2v) is 3.03. The van der Waals surface area contributed by atoms with Crippen LogP contribution >= 0.6 is 0 Å². The third kappa shape index (κ3) is 1.65. The topological polar surface area (TPSA) is 21.3 Å². The molecule has 1 heterocycles. The van der Waals surface area contributed by atoms with E-state index in [1.165, 1.54) is 11.1 Å². The molecular formula is C10H12FNO. The molecule has 0 radical (unpaired) electrons. The number of nitrogens with one attached hydrogen (secondary N) is 1. The predicted molar refractivity (Wildman–Crippen MR) is 48.5 cm³/mol. The van der Waals surface area contributed by atoms with Gasteiger partial charge in [-0.2, -0.15) is 0 Å². The summed E-state index contributed by atoms with van der Waals surface area (Å²) in [7, 11) is 0. The Kier molecular flexibility index (Phi) is 2.45. The monoisotopic (exact) mass is 181 g/mol. The van der Waals surface area contributed by atoms with Crippen LogP contribution in [0.3, 0.4) is 0 Å². The minimum absolute atomic E-state index is 0.149. The molecule has 1 N–H and O–H groups in total. The molecule has 0 saturated carbocycles.